The van der Waals surface area contributed by atoms with Gasteiger partial charge in [0, 0.05) is 38.5 Å². The van der Waals surface area contributed by atoms with Gasteiger partial charge in [0.15, 0.2) is 17.5 Å². The Kier molecular flexibility index (Phi) is 5.81. The Balaban J connectivity index is 1.21. The van der Waals surface area contributed by atoms with E-state index in [4.69, 9.17) is 19.4 Å². The predicted octanol–water partition coefficient (Wildman–Crippen LogP) is 11.0. The van der Waals surface area contributed by atoms with Crippen molar-refractivity contribution in [3.05, 3.63) is 158 Å². The summed E-state index contributed by atoms with van der Waals surface area (Å²) in [5.41, 5.74) is 7.86. The van der Waals surface area contributed by atoms with Crippen molar-refractivity contribution in [1.82, 2.24) is 19.5 Å². The number of nitrogens with zero attached hydrogens (tertiary/aromatic N) is 4. The van der Waals surface area contributed by atoms with Gasteiger partial charge >= 0.3 is 0 Å². The van der Waals surface area contributed by atoms with Crippen molar-refractivity contribution in [2.45, 2.75) is 0 Å². The molecule has 0 N–H and O–H groups in total. The first-order valence-corrected chi connectivity index (χ1v) is 16.0. The van der Waals surface area contributed by atoms with Crippen LogP contribution in [0, 0.1) is 0 Å². The topological polar surface area (TPSA) is 56.7 Å². The Bertz CT molecular complexity index is 2760. The zero-order chi connectivity index (χ0) is 31.6. The Morgan fingerprint density at radius 3 is 1.67 bits per heavy atom. The number of fused-ring (bicyclic) bond motifs is 4. The Labute approximate surface area is 275 Å². The van der Waals surface area contributed by atoms with Crippen molar-refractivity contribution >= 4 is 54.5 Å². The van der Waals surface area contributed by atoms with Crippen LogP contribution in [-0.4, -0.2) is 19.5 Å². The highest BCUT2D eigenvalue weighted by Crippen LogP contribution is 2.43. The number of rotatable bonds is 4. The summed E-state index contributed by atoms with van der Waals surface area (Å²) >= 11 is 0. The van der Waals surface area contributed by atoms with Gasteiger partial charge in [-0.05, 0) is 53.2 Å². The summed E-state index contributed by atoms with van der Waals surface area (Å²) in [7, 11) is 0. The molecule has 5 nitrogen and oxygen atoms in total. The lowest BCUT2D eigenvalue weighted by Crippen LogP contribution is -2.00. The van der Waals surface area contributed by atoms with E-state index < -0.39 is 0 Å². The number of para-hydroxylation sites is 1. The number of aromatic nitrogens is 4. The molecule has 0 aliphatic rings. The Hall–Kier alpha value is -6.59. The first kappa shape index (κ1) is 26.6. The molecule has 0 fully saturated rings. The van der Waals surface area contributed by atoms with Gasteiger partial charge in [0.05, 0.1) is 16.4 Å². The summed E-state index contributed by atoms with van der Waals surface area (Å²) in [4.78, 5) is 14.7. The number of hydrogen-bond donors (Lipinski definition) is 0. The van der Waals surface area contributed by atoms with Crippen LogP contribution in [0.15, 0.2) is 162 Å². The zero-order valence-electron chi connectivity index (χ0n) is 25.7. The molecule has 7 aromatic carbocycles. The van der Waals surface area contributed by atoms with Gasteiger partial charge in [-0.15, -0.1) is 0 Å². The van der Waals surface area contributed by atoms with Crippen LogP contribution in [0.3, 0.4) is 0 Å². The quantitative estimate of drug-likeness (QED) is 0.198. The van der Waals surface area contributed by atoms with Crippen LogP contribution in [0.5, 0.6) is 0 Å². The Morgan fingerprint density at radius 1 is 0.417 bits per heavy atom. The normalized spacial score (nSPS) is 11.8. The van der Waals surface area contributed by atoms with Gasteiger partial charge in [-0.3, -0.25) is 0 Å². The van der Waals surface area contributed by atoms with Crippen molar-refractivity contribution in [1.29, 1.82) is 0 Å². The predicted molar refractivity (Wildman–Crippen MR) is 195 cm³/mol. The standard InChI is InChI=1S/C43H26N4O/c1-3-12-27(13-4-1)41-44-42(28-14-5-2-6-15-28)46-43(45-41)29-22-24-31(25-23-29)47-35-20-11-19-34-33-18-9-10-21-37(33)48-40-32-17-8-7-16-30(32)26-36(47)39(40)38(34)35/h1-26H. The third kappa shape index (κ3) is 4.08. The van der Waals surface area contributed by atoms with Crippen LogP contribution in [0.2, 0.25) is 0 Å². The zero-order valence-corrected chi connectivity index (χ0v) is 25.7. The maximum atomic E-state index is 6.82. The maximum Gasteiger partial charge on any atom is 0.164 e. The first-order valence-electron chi connectivity index (χ1n) is 16.0. The molecule has 3 heterocycles. The molecule has 224 valence electrons. The van der Waals surface area contributed by atoms with Gasteiger partial charge in [-0.1, -0.05) is 115 Å². The molecule has 10 aromatic rings. The second kappa shape index (κ2) is 10.5. The fourth-order valence-electron chi connectivity index (χ4n) is 7.03. The Morgan fingerprint density at radius 2 is 0.979 bits per heavy atom. The summed E-state index contributed by atoms with van der Waals surface area (Å²) in [5.74, 6) is 1.92. The molecule has 0 unspecified atom stereocenters. The molecular weight excluding hydrogens is 589 g/mol. The van der Waals surface area contributed by atoms with Crippen molar-refractivity contribution in [2.75, 3.05) is 0 Å². The molecule has 5 heteroatoms. The molecule has 0 radical (unpaired) electrons. The summed E-state index contributed by atoms with van der Waals surface area (Å²) in [6, 6.07) is 54.3. The van der Waals surface area contributed by atoms with E-state index in [-0.39, 0.29) is 0 Å². The van der Waals surface area contributed by atoms with Gasteiger partial charge in [0.2, 0.25) is 0 Å². The molecule has 0 saturated carbocycles. The molecule has 0 amide bonds. The van der Waals surface area contributed by atoms with Crippen molar-refractivity contribution in [2.24, 2.45) is 0 Å². The summed E-state index contributed by atoms with van der Waals surface area (Å²) in [6.07, 6.45) is 0. The van der Waals surface area contributed by atoms with E-state index in [0.29, 0.717) is 17.5 Å². The van der Waals surface area contributed by atoms with Crippen LogP contribution in [-0.2, 0) is 0 Å². The van der Waals surface area contributed by atoms with Gasteiger partial charge in [-0.2, -0.15) is 0 Å². The highest BCUT2D eigenvalue weighted by Gasteiger charge is 2.21. The average molecular weight is 615 g/mol. The smallest absolute Gasteiger partial charge is 0.164 e. The van der Waals surface area contributed by atoms with E-state index in [2.05, 4.69) is 95.6 Å². The van der Waals surface area contributed by atoms with E-state index >= 15 is 0 Å². The number of hydrogen-bond acceptors (Lipinski definition) is 4. The van der Waals surface area contributed by atoms with Gasteiger partial charge < -0.3 is 8.98 Å². The molecule has 0 spiro atoms. The third-order valence-corrected chi connectivity index (χ3v) is 9.23. The molecule has 48 heavy (non-hydrogen) atoms. The largest absolute Gasteiger partial charge is 0.455 e. The molecule has 0 atom stereocenters. The van der Waals surface area contributed by atoms with Gasteiger partial charge in [0.1, 0.15) is 11.2 Å². The minimum Gasteiger partial charge on any atom is -0.455 e. The van der Waals surface area contributed by atoms with Crippen molar-refractivity contribution < 1.29 is 4.42 Å². The highest BCUT2D eigenvalue weighted by atomic mass is 16.3. The minimum atomic E-state index is 0.631. The lowest BCUT2D eigenvalue weighted by atomic mass is 10.0. The van der Waals surface area contributed by atoms with Crippen molar-refractivity contribution in [3.63, 3.8) is 0 Å². The maximum absolute atomic E-state index is 6.82. The van der Waals surface area contributed by atoms with E-state index in [1.165, 1.54) is 10.8 Å². The van der Waals surface area contributed by atoms with Crippen LogP contribution >= 0.6 is 0 Å². The van der Waals surface area contributed by atoms with Crippen LogP contribution in [0.25, 0.3) is 94.4 Å². The minimum absolute atomic E-state index is 0.631. The monoisotopic (exact) mass is 614 g/mol. The lowest BCUT2D eigenvalue weighted by molar-refractivity contribution is 0.667. The summed E-state index contributed by atoms with van der Waals surface area (Å²) < 4.78 is 9.17. The molecule has 0 aliphatic carbocycles. The van der Waals surface area contributed by atoms with Crippen LogP contribution in [0.4, 0.5) is 0 Å². The molecule has 0 aliphatic heterocycles. The summed E-state index contributed by atoms with van der Waals surface area (Å²) in [5, 5.41) is 6.82. The van der Waals surface area contributed by atoms with Gasteiger partial charge in [0.25, 0.3) is 0 Å². The third-order valence-electron chi connectivity index (χ3n) is 9.23. The SMILES string of the molecule is c1ccc(-c2nc(-c3ccccc3)nc(-c3ccc(-n4c5cccc6c7ccccc7oc7c8ccccc8cc4c7c65)cc3)n2)cc1. The number of benzene rings is 7. The fourth-order valence-corrected chi connectivity index (χ4v) is 7.03. The molecule has 10 rings (SSSR count). The second-order valence-corrected chi connectivity index (χ2v) is 12.0. The molecule has 3 aromatic heterocycles. The fraction of sp³-hybridized carbons (Fsp3) is 0. The van der Waals surface area contributed by atoms with Gasteiger partial charge in [-0.25, -0.2) is 15.0 Å². The molecular formula is C43H26N4O. The highest BCUT2D eigenvalue weighted by molar-refractivity contribution is 6.30. The average Bonchev–Trinajstić information content (AvgIpc) is 3.41. The van der Waals surface area contributed by atoms with Crippen LogP contribution < -0.4 is 0 Å². The molecule has 0 bridgehead atoms. The first-order chi connectivity index (χ1) is 23.8. The lowest BCUT2D eigenvalue weighted by Gasteiger charge is -2.11. The van der Waals surface area contributed by atoms with E-state index in [9.17, 15) is 0 Å². The second-order valence-electron chi connectivity index (χ2n) is 12.0. The van der Waals surface area contributed by atoms with Crippen molar-refractivity contribution in [3.8, 4) is 39.9 Å². The molecule has 0 saturated heterocycles. The van der Waals surface area contributed by atoms with E-state index in [1.807, 2.05) is 66.7 Å². The van der Waals surface area contributed by atoms with E-state index in [1.54, 1.807) is 0 Å². The summed E-state index contributed by atoms with van der Waals surface area (Å²) in [6.45, 7) is 0. The van der Waals surface area contributed by atoms with E-state index in [0.717, 1.165) is 66.1 Å². The van der Waals surface area contributed by atoms with Crippen LogP contribution in [0.1, 0.15) is 0 Å².